The number of carbonyl (C=O) groups excluding carboxylic acids is 1. The number of allylic oxidation sites excluding steroid dienone is 3. The van der Waals surface area contributed by atoms with Gasteiger partial charge in [0.15, 0.2) is 5.78 Å². The lowest BCUT2D eigenvalue weighted by molar-refractivity contribution is -0.142. The van der Waals surface area contributed by atoms with Crippen molar-refractivity contribution in [1.82, 2.24) is 0 Å². The minimum atomic E-state index is -1.10. The largest absolute Gasteiger partial charge is 0.481 e. The van der Waals surface area contributed by atoms with E-state index in [1.165, 1.54) is 49.5 Å². The number of unbranched alkanes of at least 4 members (excludes halogenated alkanes) is 3. The molecule has 3 rings (SSSR count). The Hall–Kier alpha value is -3.18. The number of rotatable bonds is 10. The van der Waals surface area contributed by atoms with Gasteiger partial charge in [-0.1, -0.05) is 68.7 Å². The molecule has 1 aliphatic carbocycles. The molecule has 5 nitrogen and oxygen atoms in total. The Morgan fingerprint density at radius 2 is 1.84 bits per heavy atom. The van der Waals surface area contributed by atoms with Crippen molar-refractivity contribution in [1.29, 1.82) is 0 Å². The van der Waals surface area contributed by atoms with Crippen LogP contribution in [0.3, 0.4) is 0 Å². The Morgan fingerprint density at radius 1 is 1.06 bits per heavy atom. The van der Waals surface area contributed by atoms with E-state index in [4.69, 9.17) is 4.42 Å². The molecule has 2 atom stereocenters. The van der Waals surface area contributed by atoms with Gasteiger partial charge in [-0.2, -0.15) is 0 Å². The van der Waals surface area contributed by atoms with Gasteiger partial charge in [-0.3, -0.25) is 9.59 Å². The fourth-order valence-corrected chi connectivity index (χ4v) is 3.49. The summed E-state index contributed by atoms with van der Waals surface area (Å²) in [6, 6.07) is 11.1. The molecule has 1 aromatic heterocycles. The number of hydrogen-bond donors (Lipinski definition) is 2. The summed E-state index contributed by atoms with van der Waals surface area (Å²) < 4.78 is 5.72. The summed E-state index contributed by atoms with van der Waals surface area (Å²) in [7, 11) is 0. The predicted octanol–water partition coefficient (Wildman–Crippen LogP) is 5.31. The fourth-order valence-electron chi connectivity index (χ4n) is 3.49. The standard InChI is InChI=1S/C26H28O5/c1-2-3-4-5-6-18-7-9-19(10-8-18)23(27)15-12-21-13-16-25(31-21)20-11-14-24(28)22(17-20)26(29)30/h7-17,22,24,28H,2-6H2,1H3,(H,29,30)/b15-12+. The summed E-state index contributed by atoms with van der Waals surface area (Å²) in [5, 5.41) is 18.9. The maximum absolute atomic E-state index is 12.4. The van der Waals surface area contributed by atoms with Crippen molar-refractivity contribution in [3.63, 3.8) is 0 Å². The number of ketones is 1. The van der Waals surface area contributed by atoms with Gasteiger partial charge in [0.2, 0.25) is 0 Å². The van der Waals surface area contributed by atoms with Gasteiger partial charge >= 0.3 is 5.97 Å². The number of benzene rings is 1. The highest BCUT2D eigenvalue weighted by Crippen LogP contribution is 2.27. The molecular weight excluding hydrogens is 392 g/mol. The molecule has 0 aliphatic heterocycles. The van der Waals surface area contributed by atoms with Crippen molar-refractivity contribution in [3.8, 4) is 0 Å². The third kappa shape index (κ3) is 6.15. The number of carbonyl (C=O) groups is 2. The summed E-state index contributed by atoms with van der Waals surface area (Å²) in [6.45, 7) is 2.20. The molecular formula is C26H28O5. The number of furan rings is 1. The van der Waals surface area contributed by atoms with E-state index in [1.807, 2.05) is 24.3 Å². The number of aryl methyl sites for hydroxylation is 1. The van der Waals surface area contributed by atoms with Crippen LogP contribution in [0.15, 0.2) is 65.1 Å². The highest BCUT2D eigenvalue weighted by Gasteiger charge is 2.26. The first-order valence-corrected chi connectivity index (χ1v) is 10.7. The SMILES string of the molecule is CCCCCCc1ccc(C(=O)/C=C/c2ccc(C3=CC(C(=O)O)C(O)C=C3)o2)cc1. The summed E-state index contributed by atoms with van der Waals surface area (Å²) in [6.07, 6.45) is 12.4. The summed E-state index contributed by atoms with van der Waals surface area (Å²) in [4.78, 5) is 23.7. The Labute approximate surface area is 182 Å². The van der Waals surface area contributed by atoms with Crippen molar-refractivity contribution in [2.24, 2.45) is 5.92 Å². The van der Waals surface area contributed by atoms with Crippen LogP contribution in [0.4, 0.5) is 0 Å². The molecule has 0 saturated carbocycles. The van der Waals surface area contributed by atoms with Crippen LogP contribution in [-0.4, -0.2) is 28.1 Å². The maximum atomic E-state index is 12.4. The molecule has 1 aromatic carbocycles. The lowest BCUT2D eigenvalue weighted by Gasteiger charge is -2.17. The van der Waals surface area contributed by atoms with Crippen LogP contribution in [0, 0.1) is 5.92 Å². The minimum Gasteiger partial charge on any atom is -0.481 e. The third-order valence-corrected chi connectivity index (χ3v) is 5.35. The third-order valence-electron chi connectivity index (χ3n) is 5.35. The van der Waals surface area contributed by atoms with Crippen LogP contribution in [-0.2, 0) is 11.2 Å². The van der Waals surface area contributed by atoms with Gasteiger partial charge in [-0.15, -0.1) is 0 Å². The number of aliphatic carboxylic acids is 1. The highest BCUT2D eigenvalue weighted by atomic mass is 16.4. The second kappa shape index (κ2) is 10.7. The first-order valence-electron chi connectivity index (χ1n) is 10.7. The zero-order valence-corrected chi connectivity index (χ0v) is 17.7. The lowest BCUT2D eigenvalue weighted by atomic mass is 9.93. The van der Waals surface area contributed by atoms with E-state index in [0.717, 1.165) is 6.42 Å². The van der Waals surface area contributed by atoms with Gasteiger partial charge in [0.1, 0.15) is 17.4 Å². The summed E-state index contributed by atoms with van der Waals surface area (Å²) in [5.41, 5.74) is 2.45. The minimum absolute atomic E-state index is 0.110. The lowest BCUT2D eigenvalue weighted by Crippen LogP contribution is -2.26. The molecule has 0 bridgehead atoms. The molecule has 2 N–H and O–H groups in total. The Kier molecular flexibility index (Phi) is 7.79. The van der Waals surface area contributed by atoms with Gasteiger partial charge in [-0.25, -0.2) is 0 Å². The van der Waals surface area contributed by atoms with Crippen molar-refractivity contribution in [2.45, 2.75) is 45.1 Å². The first-order chi connectivity index (χ1) is 15.0. The van der Waals surface area contributed by atoms with E-state index in [2.05, 4.69) is 6.92 Å². The smallest absolute Gasteiger partial charge is 0.313 e. The molecule has 1 aliphatic rings. The van der Waals surface area contributed by atoms with E-state index in [1.54, 1.807) is 24.3 Å². The molecule has 0 fully saturated rings. The number of hydrogen-bond acceptors (Lipinski definition) is 4. The zero-order chi connectivity index (χ0) is 22.2. The Bertz CT molecular complexity index is 991. The topological polar surface area (TPSA) is 87.7 Å². The number of aliphatic hydroxyl groups is 1. The highest BCUT2D eigenvalue weighted by molar-refractivity contribution is 6.06. The molecule has 0 saturated heterocycles. The molecule has 5 heteroatoms. The first kappa shape index (κ1) is 22.5. The van der Waals surface area contributed by atoms with Gasteiger partial charge in [0.05, 0.1) is 6.10 Å². The van der Waals surface area contributed by atoms with E-state index < -0.39 is 18.0 Å². The van der Waals surface area contributed by atoms with Gasteiger partial charge in [0.25, 0.3) is 0 Å². The molecule has 2 unspecified atom stereocenters. The normalized spacial score (nSPS) is 18.3. The molecule has 0 amide bonds. The van der Waals surface area contributed by atoms with E-state index in [0.29, 0.717) is 22.7 Å². The quantitative estimate of drug-likeness (QED) is 0.309. The maximum Gasteiger partial charge on any atom is 0.313 e. The predicted molar refractivity (Wildman–Crippen MR) is 121 cm³/mol. The number of carboxylic acid groups (broad SMARTS) is 1. The average molecular weight is 421 g/mol. The summed E-state index contributed by atoms with van der Waals surface area (Å²) >= 11 is 0. The van der Waals surface area contributed by atoms with Crippen LogP contribution < -0.4 is 0 Å². The molecule has 162 valence electrons. The average Bonchev–Trinajstić information content (AvgIpc) is 3.24. The van der Waals surface area contributed by atoms with E-state index in [9.17, 15) is 19.8 Å². The monoisotopic (exact) mass is 420 g/mol. The van der Waals surface area contributed by atoms with Crippen LogP contribution in [0.1, 0.15) is 60.0 Å². The zero-order valence-electron chi connectivity index (χ0n) is 17.7. The van der Waals surface area contributed by atoms with Gasteiger partial charge < -0.3 is 14.6 Å². The van der Waals surface area contributed by atoms with Crippen molar-refractivity contribution >= 4 is 23.4 Å². The molecule has 2 aromatic rings. The Morgan fingerprint density at radius 3 is 2.55 bits per heavy atom. The second-order valence-corrected chi connectivity index (χ2v) is 7.74. The fraction of sp³-hybridized carbons (Fsp3) is 0.308. The number of aliphatic hydroxyl groups excluding tert-OH is 1. The molecule has 0 spiro atoms. The second-order valence-electron chi connectivity index (χ2n) is 7.74. The van der Waals surface area contributed by atoms with Crippen molar-refractivity contribution in [2.75, 3.05) is 0 Å². The van der Waals surface area contributed by atoms with E-state index >= 15 is 0 Å². The Balaban J connectivity index is 1.61. The molecule has 31 heavy (non-hydrogen) atoms. The van der Waals surface area contributed by atoms with Crippen LogP contribution >= 0.6 is 0 Å². The number of carboxylic acids is 1. The van der Waals surface area contributed by atoms with Crippen LogP contribution in [0.5, 0.6) is 0 Å². The molecule has 0 radical (unpaired) electrons. The van der Waals surface area contributed by atoms with Crippen LogP contribution in [0.2, 0.25) is 0 Å². The molecule has 1 heterocycles. The van der Waals surface area contributed by atoms with Gasteiger partial charge in [-0.05, 0) is 42.7 Å². The van der Waals surface area contributed by atoms with Crippen molar-refractivity contribution in [3.05, 3.63) is 83.3 Å². The van der Waals surface area contributed by atoms with E-state index in [-0.39, 0.29) is 5.78 Å². The van der Waals surface area contributed by atoms with Crippen molar-refractivity contribution < 1.29 is 24.2 Å². The summed E-state index contributed by atoms with van der Waals surface area (Å²) in [5.74, 6) is -1.25. The van der Waals surface area contributed by atoms with Gasteiger partial charge in [0, 0.05) is 11.1 Å². The van der Waals surface area contributed by atoms with Crippen LogP contribution in [0.25, 0.3) is 11.6 Å².